The van der Waals surface area contributed by atoms with Crippen molar-refractivity contribution < 1.29 is 9.59 Å². The average molecular weight is 416 g/mol. The average Bonchev–Trinajstić information content (AvgIpc) is 2.67. The molecule has 1 heterocycles. The van der Waals surface area contributed by atoms with Crippen LogP contribution in [0.1, 0.15) is 26.3 Å². The van der Waals surface area contributed by atoms with Crippen molar-refractivity contribution in [2.75, 3.05) is 16.4 Å². The van der Waals surface area contributed by atoms with Gasteiger partial charge in [0.05, 0.1) is 33.7 Å². The molecule has 0 aliphatic carbocycles. The number of carbonyl (C=O) groups is 2. The molecule has 0 atom stereocenters. The lowest BCUT2D eigenvalue weighted by Crippen LogP contribution is -2.16. The van der Waals surface area contributed by atoms with E-state index in [1.807, 2.05) is 0 Å². The van der Waals surface area contributed by atoms with E-state index < -0.39 is 5.91 Å². The molecular formula is C19H15Cl2N5O2. The first-order valence-electron chi connectivity index (χ1n) is 8.10. The minimum absolute atomic E-state index is 0.110. The third kappa shape index (κ3) is 4.39. The van der Waals surface area contributed by atoms with Crippen LogP contribution in [0, 0.1) is 6.92 Å². The summed E-state index contributed by atoms with van der Waals surface area (Å²) < 4.78 is 0. The molecule has 0 saturated carbocycles. The maximum Gasteiger partial charge on any atom is 0.257 e. The van der Waals surface area contributed by atoms with E-state index in [9.17, 15) is 9.59 Å². The molecule has 1 aromatic heterocycles. The summed E-state index contributed by atoms with van der Waals surface area (Å²) >= 11 is 12.0. The maximum atomic E-state index is 12.6. The number of carbonyl (C=O) groups excluding carboxylic acids is 2. The van der Waals surface area contributed by atoms with E-state index in [1.165, 1.54) is 12.4 Å². The number of benzene rings is 2. The molecule has 0 unspecified atom stereocenters. The van der Waals surface area contributed by atoms with Crippen LogP contribution in [0.4, 0.5) is 17.3 Å². The Labute approximate surface area is 170 Å². The van der Waals surface area contributed by atoms with E-state index in [-0.39, 0.29) is 27.5 Å². The van der Waals surface area contributed by atoms with Gasteiger partial charge in [-0.15, -0.1) is 0 Å². The van der Waals surface area contributed by atoms with Gasteiger partial charge in [0.15, 0.2) is 0 Å². The summed E-state index contributed by atoms with van der Waals surface area (Å²) in [6, 6.07) is 9.77. The first-order chi connectivity index (χ1) is 13.3. The topological polar surface area (TPSA) is 110 Å². The molecule has 0 aliphatic heterocycles. The van der Waals surface area contributed by atoms with Gasteiger partial charge in [0.2, 0.25) is 5.95 Å². The molecule has 28 heavy (non-hydrogen) atoms. The van der Waals surface area contributed by atoms with Crippen LogP contribution in [-0.2, 0) is 0 Å². The summed E-state index contributed by atoms with van der Waals surface area (Å²) in [6.07, 6.45) is 2.81. The van der Waals surface area contributed by atoms with Gasteiger partial charge in [-0.05, 0) is 36.8 Å². The van der Waals surface area contributed by atoms with Crippen LogP contribution < -0.4 is 16.4 Å². The Morgan fingerprint density at radius 3 is 2.29 bits per heavy atom. The molecule has 0 spiro atoms. The largest absolute Gasteiger partial charge is 0.368 e. The summed E-state index contributed by atoms with van der Waals surface area (Å²) in [5.41, 5.74) is 7.62. The summed E-state index contributed by atoms with van der Waals surface area (Å²) in [4.78, 5) is 32.7. The standard InChI is InChI=1S/C19H15Cl2N5O2/c1-10-5-6-11(25-17(27)13-3-2-4-15(20)16(13)21)7-14(10)18(28)26-12-8-23-19(22)24-9-12/h2-9H,1H3,(H,25,27)(H,26,28)(H2,22,23,24). The highest BCUT2D eigenvalue weighted by molar-refractivity contribution is 6.44. The lowest BCUT2D eigenvalue weighted by molar-refractivity contribution is 0.101. The SMILES string of the molecule is Cc1ccc(NC(=O)c2cccc(Cl)c2Cl)cc1C(=O)Nc1cnc(N)nc1. The number of nitrogens with zero attached hydrogens (tertiary/aromatic N) is 2. The summed E-state index contributed by atoms with van der Waals surface area (Å²) in [7, 11) is 0. The first kappa shape index (κ1) is 19.6. The van der Waals surface area contributed by atoms with E-state index in [1.54, 1.807) is 43.3 Å². The second kappa shape index (κ2) is 8.24. The van der Waals surface area contributed by atoms with Crippen molar-refractivity contribution in [2.24, 2.45) is 0 Å². The smallest absolute Gasteiger partial charge is 0.257 e. The van der Waals surface area contributed by atoms with Crippen molar-refractivity contribution in [1.29, 1.82) is 0 Å². The van der Waals surface area contributed by atoms with Gasteiger partial charge in [-0.1, -0.05) is 35.3 Å². The van der Waals surface area contributed by atoms with Gasteiger partial charge in [-0.2, -0.15) is 0 Å². The number of nitrogens with one attached hydrogen (secondary N) is 2. The quantitative estimate of drug-likeness (QED) is 0.591. The number of rotatable bonds is 4. The molecule has 142 valence electrons. The van der Waals surface area contributed by atoms with E-state index >= 15 is 0 Å². The lowest BCUT2D eigenvalue weighted by Gasteiger charge is -2.11. The van der Waals surface area contributed by atoms with Gasteiger partial charge < -0.3 is 16.4 Å². The van der Waals surface area contributed by atoms with Crippen molar-refractivity contribution in [2.45, 2.75) is 6.92 Å². The Morgan fingerprint density at radius 1 is 0.929 bits per heavy atom. The van der Waals surface area contributed by atoms with Gasteiger partial charge in [-0.3, -0.25) is 9.59 Å². The zero-order chi connectivity index (χ0) is 20.3. The molecule has 0 aliphatic rings. The van der Waals surface area contributed by atoms with Crippen LogP contribution in [0.2, 0.25) is 10.0 Å². The highest BCUT2D eigenvalue weighted by atomic mass is 35.5. The lowest BCUT2D eigenvalue weighted by atomic mass is 10.1. The van der Waals surface area contributed by atoms with Crippen molar-refractivity contribution in [3.63, 3.8) is 0 Å². The number of anilines is 3. The van der Waals surface area contributed by atoms with Gasteiger partial charge in [-0.25, -0.2) is 9.97 Å². The first-order valence-corrected chi connectivity index (χ1v) is 8.85. The Morgan fingerprint density at radius 2 is 1.57 bits per heavy atom. The van der Waals surface area contributed by atoms with Gasteiger partial charge in [0.1, 0.15) is 0 Å². The van der Waals surface area contributed by atoms with Gasteiger partial charge in [0, 0.05) is 11.3 Å². The van der Waals surface area contributed by atoms with Gasteiger partial charge >= 0.3 is 0 Å². The number of halogens is 2. The number of nitrogens with two attached hydrogens (primary N) is 1. The molecule has 9 heteroatoms. The number of amides is 2. The zero-order valence-corrected chi connectivity index (χ0v) is 16.2. The minimum Gasteiger partial charge on any atom is -0.368 e. The van der Waals surface area contributed by atoms with Crippen LogP contribution in [0.25, 0.3) is 0 Å². The fourth-order valence-electron chi connectivity index (χ4n) is 2.42. The fourth-order valence-corrected chi connectivity index (χ4v) is 2.81. The number of aromatic nitrogens is 2. The molecule has 3 aromatic rings. The molecule has 3 rings (SSSR count). The highest BCUT2D eigenvalue weighted by Crippen LogP contribution is 2.26. The molecule has 0 bridgehead atoms. The number of nitrogen functional groups attached to an aromatic ring is 1. The summed E-state index contributed by atoms with van der Waals surface area (Å²) in [5, 5.41) is 5.84. The minimum atomic E-state index is -0.436. The number of hydrogen-bond acceptors (Lipinski definition) is 5. The maximum absolute atomic E-state index is 12.6. The van der Waals surface area contributed by atoms with E-state index in [2.05, 4.69) is 20.6 Å². The zero-order valence-electron chi connectivity index (χ0n) is 14.7. The van der Waals surface area contributed by atoms with E-state index in [0.29, 0.717) is 16.9 Å². The van der Waals surface area contributed by atoms with Crippen LogP contribution in [0.15, 0.2) is 48.8 Å². The monoisotopic (exact) mass is 415 g/mol. The van der Waals surface area contributed by atoms with Gasteiger partial charge in [0.25, 0.3) is 11.8 Å². The number of hydrogen-bond donors (Lipinski definition) is 3. The molecule has 2 amide bonds. The second-order valence-corrected chi connectivity index (χ2v) is 6.65. The van der Waals surface area contributed by atoms with E-state index in [4.69, 9.17) is 28.9 Å². The number of aryl methyl sites for hydroxylation is 1. The van der Waals surface area contributed by atoms with Crippen LogP contribution in [0.5, 0.6) is 0 Å². The van der Waals surface area contributed by atoms with E-state index in [0.717, 1.165) is 5.56 Å². The van der Waals surface area contributed by atoms with Crippen molar-refractivity contribution in [3.8, 4) is 0 Å². The predicted octanol–water partition coefficient (Wildman–Crippen LogP) is 4.18. The molecule has 0 fully saturated rings. The Balaban J connectivity index is 1.81. The third-order valence-corrected chi connectivity index (χ3v) is 4.68. The van der Waals surface area contributed by atoms with Crippen LogP contribution in [-0.4, -0.2) is 21.8 Å². The summed E-state index contributed by atoms with van der Waals surface area (Å²) in [6.45, 7) is 1.79. The molecule has 7 nitrogen and oxygen atoms in total. The van der Waals surface area contributed by atoms with Crippen molar-refractivity contribution in [1.82, 2.24) is 9.97 Å². The fraction of sp³-hybridized carbons (Fsp3) is 0.0526. The molecule has 0 saturated heterocycles. The van der Waals surface area contributed by atoms with Crippen molar-refractivity contribution in [3.05, 3.63) is 75.5 Å². The molecule has 4 N–H and O–H groups in total. The normalized spacial score (nSPS) is 10.4. The highest BCUT2D eigenvalue weighted by Gasteiger charge is 2.15. The predicted molar refractivity (Wildman–Crippen MR) is 110 cm³/mol. The summed E-state index contributed by atoms with van der Waals surface area (Å²) in [5.74, 6) is -0.698. The second-order valence-electron chi connectivity index (χ2n) is 5.87. The van der Waals surface area contributed by atoms with Crippen molar-refractivity contribution >= 4 is 52.3 Å². The molecular weight excluding hydrogens is 401 g/mol. The Hall–Kier alpha value is -3.16. The Bertz CT molecular complexity index is 1050. The molecule has 2 aromatic carbocycles. The third-order valence-electron chi connectivity index (χ3n) is 3.87. The molecule has 0 radical (unpaired) electrons. The van der Waals surface area contributed by atoms with Crippen LogP contribution in [0.3, 0.4) is 0 Å². The van der Waals surface area contributed by atoms with Crippen LogP contribution >= 0.6 is 23.2 Å². The Kier molecular flexibility index (Phi) is 5.77.